The van der Waals surface area contributed by atoms with Crippen LogP contribution in [0.3, 0.4) is 0 Å². The number of hydrogen-bond acceptors (Lipinski definition) is 6. The molecule has 9 heteroatoms. The molecule has 0 bridgehead atoms. The van der Waals surface area contributed by atoms with Crippen LogP contribution in [0.15, 0.2) is 41.8 Å². The minimum absolute atomic E-state index is 0.0167. The molecule has 1 amide bonds. The summed E-state index contributed by atoms with van der Waals surface area (Å²) in [5.74, 6) is 0.358. The molecule has 0 unspecified atom stereocenters. The molecule has 0 saturated heterocycles. The highest BCUT2D eigenvalue weighted by molar-refractivity contribution is 7.98. The van der Waals surface area contributed by atoms with E-state index >= 15 is 0 Å². The van der Waals surface area contributed by atoms with Crippen molar-refractivity contribution in [1.82, 2.24) is 19.5 Å². The first-order valence-electron chi connectivity index (χ1n) is 7.51. The monoisotopic (exact) mass is 363 g/mol. The standard InChI is InChI=1S/C17H13N7OS/c1-24-6-5-20-17(24)26-10-11-3-2-4-12(7-11)15(25)23-16-21-13(8-18)14(9-19)22-16/h2-7H,10H2,1H3,(H2,21,22,23,25). The molecule has 0 saturated carbocycles. The van der Waals surface area contributed by atoms with Crippen molar-refractivity contribution in [2.45, 2.75) is 10.9 Å². The summed E-state index contributed by atoms with van der Waals surface area (Å²) in [7, 11) is 1.92. The number of aromatic nitrogens is 4. The maximum Gasteiger partial charge on any atom is 0.257 e. The number of anilines is 1. The second kappa shape index (κ2) is 7.55. The highest BCUT2D eigenvalue weighted by atomic mass is 32.2. The van der Waals surface area contributed by atoms with Crippen LogP contribution in [0, 0.1) is 22.7 Å². The molecule has 2 heterocycles. The predicted octanol–water partition coefficient (Wildman–Crippen LogP) is 2.43. The molecule has 0 aliphatic carbocycles. The topological polar surface area (TPSA) is 123 Å². The SMILES string of the molecule is Cn1ccnc1SCc1cccc(C(=O)Nc2nc(C#N)c(C#N)[nH]2)c1. The van der Waals surface area contributed by atoms with Crippen LogP contribution >= 0.6 is 11.8 Å². The summed E-state index contributed by atoms with van der Waals surface area (Å²) in [5, 5.41) is 21.3. The van der Waals surface area contributed by atoms with Crippen molar-refractivity contribution >= 4 is 23.6 Å². The van der Waals surface area contributed by atoms with Gasteiger partial charge in [0, 0.05) is 30.8 Å². The van der Waals surface area contributed by atoms with Gasteiger partial charge in [0.1, 0.15) is 12.1 Å². The van der Waals surface area contributed by atoms with Crippen molar-refractivity contribution in [2.24, 2.45) is 7.05 Å². The van der Waals surface area contributed by atoms with E-state index in [-0.39, 0.29) is 23.2 Å². The van der Waals surface area contributed by atoms with E-state index < -0.39 is 0 Å². The molecule has 3 aromatic rings. The van der Waals surface area contributed by atoms with Gasteiger partial charge in [-0.2, -0.15) is 10.5 Å². The van der Waals surface area contributed by atoms with E-state index in [0.717, 1.165) is 10.7 Å². The predicted molar refractivity (Wildman–Crippen MR) is 95.2 cm³/mol. The number of rotatable bonds is 5. The fraction of sp³-hybridized carbons (Fsp3) is 0.118. The van der Waals surface area contributed by atoms with Crippen LogP contribution in [0.2, 0.25) is 0 Å². The molecule has 1 aromatic carbocycles. The summed E-state index contributed by atoms with van der Waals surface area (Å²) in [6.07, 6.45) is 3.61. The molecule has 26 heavy (non-hydrogen) atoms. The lowest BCUT2D eigenvalue weighted by Gasteiger charge is -2.05. The number of aryl methyl sites for hydroxylation is 1. The van der Waals surface area contributed by atoms with Crippen LogP contribution in [0.25, 0.3) is 0 Å². The molecule has 0 atom stereocenters. The number of amides is 1. The van der Waals surface area contributed by atoms with Crippen molar-refractivity contribution in [3.8, 4) is 12.1 Å². The number of thioether (sulfide) groups is 1. The van der Waals surface area contributed by atoms with Crippen LogP contribution in [-0.2, 0) is 12.8 Å². The van der Waals surface area contributed by atoms with Crippen molar-refractivity contribution in [3.05, 3.63) is 59.2 Å². The van der Waals surface area contributed by atoms with Crippen LogP contribution in [-0.4, -0.2) is 25.4 Å². The minimum Gasteiger partial charge on any atom is -0.329 e. The number of carbonyl (C=O) groups excluding carboxylic acids is 1. The van der Waals surface area contributed by atoms with Crippen LogP contribution in [0.5, 0.6) is 0 Å². The lowest BCUT2D eigenvalue weighted by molar-refractivity contribution is 0.102. The number of hydrogen-bond donors (Lipinski definition) is 2. The Balaban J connectivity index is 1.70. The van der Waals surface area contributed by atoms with E-state index in [1.165, 1.54) is 0 Å². The number of imidazole rings is 2. The molecule has 0 spiro atoms. The third-order valence-corrected chi connectivity index (χ3v) is 4.62. The van der Waals surface area contributed by atoms with Gasteiger partial charge in [-0.3, -0.25) is 10.1 Å². The second-order valence-corrected chi connectivity index (χ2v) is 6.24. The fourth-order valence-corrected chi connectivity index (χ4v) is 3.09. The molecule has 0 aliphatic rings. The number of nitrogens with zero attached hydrogens (tertiary/aromatic N) is 5. The summed E-state index contributed by atoms with van der Waals surface area (Å²) in [4.78, 5) is 23.1. The van der Waals surface area contributed by atoms with Crippen molar-refractivity contribution in [3.63, 3.8) is 0 Å². The molecular formula is C17H13N7OS. The summed E-state index contributed by atoms with van der Waals surface area (Å²) >= 11 is 1.57. The highest BCUT2D eigenvalue weighted by Crippen LogP contribution is 2.21. The Morgan fingerprint density at radius 3 is 2.88 bits per heavy atom. The van der Waals surface area contributed by atoms with E-state index in [2.05, 4.69) is 20.3 Å². The van der Waals surface area contributed by atoms with Gasteiger partial charge in [0.25, 0.3) is 5.91 Å². The maximum absolute atomic E-state index is 12.4. The summed E-state index contributed by atoms with van der Waals surface area (Å²) in [6.45, 7) is 0. The third kappa shape index (κ3) is 3.74. The van der Waals surface area contributed by atoms with Crippen LogP contribution in [0.4, 0.5) is 5.95 Å². The van der Waals surface area contributed by atoms with E-state index in [1.807, 2.05) is 29.9 Å². The zero-order valence-electron chi connectivity index (χ0n) is 13.7. The van der Waals surface area contributed by atoms with Crippen molar-refractivity contribution < 1.29 is 4.79 Å². The van der Waals surface area contributed by atoms with Gasteiger partial charge in [0.15, 0.2) is 16.5 Å². The minimum atomic E-state index is -0.378. The van der Waals surface area contributed by atoms with E-state index in [4.69, 9.17) is 10.5 Å². The molecular weight excluding hydrogens is 350 g/mol. The quantitative estimate of drug-likeness (QED) is 0.671. The van der Waals surface area contributed by atoms with Gasteiger partial charge in [-0.05, 0) is 17.7 Å². The Labute approximate surface area is 153 Å². The number of nitriles is 2. The third-order valence-electron chi connectivity index (χ3n) is 3.49. The molecule has 128 valence electrons. The molecule has 8 nitrogen and oxygen atoms in total. The molecule has 0 fully saturated rings. The molecule has 0 aliphatic heterocycles. The van der Waals surface area contributed by atoms with Gasteiger partial charge in [-0.25, -0.2) is 9.97 Å². The highest BCUT2D eigenvalue weighted by Gasteiger charge is 2.13. The van der Waals surface area contributed by atoms with Crippen molar-refractivity contribution in [2.75, 3.05) is 5.32 Å². The lowest BCUT2D eigenvalue weighted by atomic mass is 10.1. The lowest BCUT2D eigenvalue weighted by Crippen LogP contribution is -2.13. The number of nitrogens with one attached hydrogen (secondary N) is 2. The first kappa shape index (κ1) is 17.3. The molecule has 2 N–H and O–H groups in total. The van der Waals surface area contributed by atoms with E-state index in [0.29, 0.717) is 11.3 Å². The Kier molecular flexibility index (Phi) is 5.02. The van der Waals surface area contributed by atoms with Gasteiger partial charge >= 0.3 is 0 Å². The average molecular weight is 363 g/mol. The molecule has 3 rings (SSSR count). The largest absolute Gasteiger partial charge is 0.329 e. The van der Waals surface area contributed by atoms with Gasteiger partial charge < -0.3 is 9.55 Å². The Hall–Kier alpha value is -3.56. The second-order valence-electron chi connectivity index (χ2n) is 5.30. The van der Waals surface area contributed by atoms with Gasteiger partial charge in [0.05, 0.1) is 0 Å². The number of benzene rings is 1. The Morgan fingerprint density at radius 1 is 1.38 bits per heavy atom. The Morgan fingerprint density at radius 2 is 2.23 bits per heavy atom. The summed E-state index contributed by atoms with van der Waals surface area (Å²) in [6, 6.07) is 10.8. The van der Waals surface area contributed by atoms with Gasteiger partial charge in [-0.1, -0.05) is 23.9 Å². The van der Waals surface area contributed by atoms with E-state index in [1.54, 1.807) is 42.2 Å². The first-order chi connectivity index (χ1) is 12.6. The summed E-state index contributed by atoms with van der Waals surface area (Å²) < 4.78 is 1.93. The zero-order valence-corrected chi connectivity index (χ0v) is 14.5. The smallest absolute Gasteiger partial charge is 0.257 e. The number of aromatic amines is 1. The van der Waals surface area contributed by atoms with Gasteiger partial charge in [-0.15, -0.1) is 0 Å². The number of H-pyrrole nitrogens is 1. The Bertz CT molecular complexity index is 1010. The summed E-state index contributed by atoms with van der Waals surface area (Å²) in [5.41, 5.74) is 1.39. The normalized spacial score (nSPS) is 10.1. The van der Waals surface area contributed by atoms with Crippen LogP contribution in [0.1, 0.15) is 27.3 Å². The van der Waals surface area contributed by atoms with Crippen LogP contribution < -0.4 is 5.32 Å². The maximum atomic E-state index is 12.4. The van der Waals surface area contributed by atoms with E-state index in [9.17, 15) is 4.79 Å². The number of carbonyl (C=O) groups is 1. The zero-order chi connectivity index (χ0) is 18.5. The molecule has 0 radical (unpaired) electrons. The molecule has 2 aromatic heterocycles. The van der Waals surface area contributed by atoms with Crippen molar-refractivity contribution in [1.29, 1.82) is 10.5 Å². The fourth-order valence-electron chi connectivity index (χ4n) is 2.22. The first-order valence-corrected chi connectivity index (χ1v) is 8.50. The average Bonchev–Trinajstić information content (AvgIpc) is 3.25. The van der Waals surface area contributed by atoms with Gasteiger partial charge in [0.2, 0.25) is 5.95 Å².